The van der Waals surface area contributed by atoms with Crippen molar-refractivity contribution in [1.82, 2.24) is 30.1 Å². The van der Waals surface area contributed by atoms with E-state index in [1.165, 1.54) is 0 Å². The first-order valence-electron chi connectivity index (χ1n) is 11.5. The number of aromatic nitrogens is 3. The summed E-state index contributed by atoms with van der Waals surface area (Å²) < 4.78 is 0. The summed E-state index contributed by atoms with van der Waals surface area (Å²) in [5.41, 5.74) is 0.843. The van der Waals surface area contributed by atoms with Gasteiger partial charge in [0.1, 0.15) is 0 Å². The van der Waals surface area contributed by atoms with Crippen molar-refractivity contribution in [2.45, 2.75) is 6.54 Å². The van der Waals surface area contributed by atoms with Crippen LogP contribution in [0.4, 0.5) is 17.8 Å². The summed E-state index contributed by atoms with van der Waals surface area (Å²) in [6, 6.07) is 5.28. The van der Waals surface area contributed by atoms with Gasteiger partial charge in [-0.15, -0.1) is 0 Å². The molecule has 3 heterocycles. The molecular weight excluding hydrogens is 477 g/mol. The van der Waals surface area contributed by atoms with Gasteiger partial charge in [-0.3, -0.25) is 9.69 Å². The van der Waals surface area contributed by atoms with E-state index in [-0.39, 0.29) is 5.91 Å². The number of carbonyl (C=O) groups excluding carboxylic acids is 1. The van der Waals surface area contributed by atoms with Crippen LogP contribution in [0.15, 0.2) is 18.2 Å². The van der Waals surface area contributed by atoms with E-state index in [0.29, 0.717) is 41.0 Å². The molecule has 12 heteroatoms. The van der Waals surface area contributed by atoms with Crippen LogP contribution in [0.1, 0.15) is 5.56 Å². The molecule has 0 saturated carbocycles. The Bertz CT molecular complexity index is 992. The molecule has 0 spiro atoms. The summed E-state index contributed by atoms with van der Waals surface area (Å²) in [5.74, 6) is 1.93. The van der Waals surface area contributed by atoms with Crippen molar-refractivity contribution in [3.63, 3.8) is 0 Å². The minimum atomic E-state index is -0.0329. The van der Waals surface area contributed by atoms with E-state index in [9.17, 15) is 4.79 Å². The van der Waals surface area contributed by atoms with Gasteiger partial charge in [0.05, 0.1) is 6.54 Å². The third-order valence-electron chi connectivity index (χ3n) is 6.13. The summed E-state index contributed by atoms with van der Waals surface area (Å²) in [6.45, 7) is 7.46. The maximum Gasteiger partial charge on any atom is 0.234 e. The lowest BCUT2D eigenvalue weighted by atomic mass is 10.2. The lowest BCUT2D eigenvalue weighted by Gasteiger charge is -2.35. The molecule has 2 saturated heterocycles. The normalized spacial score (nSPS) is 17.6. The van der Waals surface area contributed by atoms with Crippen molar-refractivity contribution in [2.75, 3.05) is 88.1 Å². The van der Waals surface area contributed by atoms with Gasteiger partial charge in [-0.05, 0) is 24.7 Å². The zero-order chi connectivity index (χ0) is 24.1. The first kappa shape index (κ1) is 24.7. The van der Waals surface area contributed by atoms with Gasteiger partial charge < -0.3 is 25.3 Å². The fourth-order valence-electron chi connectivity index (χ4n) is 3.98. The molecule has 1 amide bonds. The van der Waals surface area contributed by atoms with Gasteiger partial charge in [-0.25, -0.2) is 0 Å². The number of piperazine rings is 2. The largest absolute Gasteiger partial charge is 0.357 e. The minimum Gasteiger partial charge on any atom is -0.357 e. The molecule has 0 bridgehead atoms. The van der Waals surface area contributed by atoms with Crippen LogP contribution in [0, 0.1) is 0 Å². The van der Waals surface area contributed by atoms with Crippen molar-refractivity contribution < 1.29 is 4.79 Å². The third-order valence-corrected chi connectivity index (χ3v) is 6.72. The molecule has 0 atom stereocenters. The number of likely N-dealkylation sites (N-methyl/N-ethyl adjacent to an activating group) is 1. The molecule has 0 aliphatic carbocycles. The average molecular weight is 508 g/mol. The predicted molar refractivity (Wildman–Crippen MR) is 136 cm³/mol. The van der Waals surface area contributed by atoms with Gasteiger partial charge in [0.2, 0.25) is 23.8 Å². The Balaban J connectivity index is 1.30. The van der Waals surface area contributed by atoms with Gasteiger partial charge >= 0.3 is 0 Å². The minimum absolute atomic E-state index is 0.0329. The average Bonchev–Trinajstić information content (AvgIpc) is 2.84. The highest BCUT2D eigenvalue weighted by Crippen LogP contribution is 2.21. The zero-order valence-electron chi connectivity index (χ0n) is 19.6. The molecule has 4 rings (SSSR count). The van der Waals surface area contributed by atoms with Gasteiger partial charge in [0.25, 0.3) is 0 Å². The van der Waals surface area contributed by atoms with Crippen LogP contribution >= 0.6 is 23.2 Å². The first-order valence-corrected chi connectivity index (χ1v) is 12.2. The van der Waals surface area contributed by atoms with E-state index >= 15 is 0 Å². The van der Waals surface area contributed by atoms with Crippen LogP contribution in [-0.4, -0.2) is 104 Å². The molecule has 0 unspecified atom stereocenters. The Hall–Kier alpha value is -2.40. The van der Waals surface area contributed by atoms with E-state index in [1.54, 1.807) is 12.1 Å². The first-order chi connectivity index (χ1) is 16.4. The smallest absolute Gasteiger partial charge is 0.234 e. The second-order valence-corrected chi connectivity index (χ2v) is 9.42. The second-order valence-electron chi connectivity index (χ2n) is 8.57. The number of hydrogen-bond acceptors (Lipinski definition) is 9. The van der Waals surface area contributed by atoms with Crippen LogP contribution in [0.2, 0.25) is 10.0 Å². The fourth-order valence-corrected chi connectivity index (χ4v) is 4.45. The van der Waals surface area contributed by atoms with Crippen LogP contribution in [0.25, 0.3) is 0 Å². The number of benzene rings is 1. The number of halogens is 2. The molecule has 10 nitrogen and oxygen atoms in total. The number of anilines is 3. The Morgan fingerprint density at radius 2 is 1.56 bits per heavy atom. The Morgan fingerprint density at radius 3 is 2.15 bits per heavy atom. The monoisotopic (exact) mass is 507 g/mol. The highest BCUT2D eigenvalue weighted by molar-refractivity contribution is 6.35. The molecule has 2 N–H and O–H groups in total. The van der Waals surface area contributed by atoms with Crippen LogP contribution in [-0.2, 0) is 11.3 Å². The predicted octanol–water partition coefficient (Wildman–Crippen LogP) is 1.41. The van der Waals surface area contributed by atoms with Gasteiger partial charge in [-0.1, -0.05) is 29.3 Å². The van der Waals surface area contributed by atoms with Gasteiger partial charge in [0, 0.05) is 76.0 Å². The zero-order valence-corrected chi connectivity index (χ0v) is 21.1. The Labute approximate surface area is 210 Å². The molecule has 1 aromatic carbocycles. The molecule has 2 fully saturated rings. The maximum atomic E-state index is 12.5. The SMILES string of the molecule is CNc1nc(N2CCN(C)CC2)nc(N2CCN(CC(=O)NCc3ccc(Cl)cc3Cl)CC2)n1. The number of amides is 1. The van der Waals surface area contributed by atoms with E-state index in [2.05, 4.69) is 47.2 Å². The quantitative estimate of drug-likeness (QED) is 0.576. The molecule has 2 aliphatic heterocycles. The summed E-state index contributed by atoms with van der Waals surface area (Å²) in [6.07, 6.45) is 0. The molecule has 2 aliphatic rings. The number of hydrogen-bond donors (Lipinski definition) is 2. The third kappa shape index (κ3) is 6.38. The fraction of sp³-hybridized carbons (Fsp3) is 0.545. The summed E-state index contributed by atoms with van der Waals surface area (Å²) in [5, 5.41) is 7.13. The van der Waals surface area contributed by atoms with E-state index in [4.69, 9.17) is 28.2 Å². The van der Waals surface area contributed by atoms with Crippen molar-refractivity contribution in [3.05, 3.63) is 33.8 Å². The highest BCUT2D eigenvalue weighted by atomic mass is 35.5. The molecule has 184 valence electrons. The summed E-state index contributed by atoms with van der Waals surface area (Å²) >= 11 is 12.1. The number of nitrogens with one attached hydrogen (secondary N) is 2. The van der Waals surface area contributed by atoms with Gasteiger partial charge in [-0.2, -0.15) is 15.0 Å². The summed E-state index contributed by atoms with van der Waals surface area (Å²) in [7, 11) is 3.95. The topological polar surface area (TPSA) is 92.8 Å². The standard InChI is InChI=1S/C22H31Cl2N9O/c1-25-20-27-21(32-9-5-30(2)6-10-32)29-22(28-20)33-11-7-31(8-12-33)15-19(34)26-14-16-3-4-17(23)13-18(16)24/h3-4,13H,5-12,14-15H2,1-2H3,(H,26,34)(H,25,27,28,29). The van der Waals surface area contributed by atoms with Crippen LogP contribution in [0.3, 0.4) is 0 Å². The Kier molecular flexibility index (Phi) is 8.25. The van der Waals surface area contributed by atoms with Crippen molar-refractivity contribution in [2.24, 2.45) is 0 Å². The van der Waals surface area contributed by atoms with Crippen molar-refractivity contribution in [3.8, 4) is 0 Å². The molecule has 0 radical (unpaired) electrons. The van der Waals surface area contributed by atoms with Crippen molar-refractivity contribution >= 4 is 47.0 Å². The summed E-state index contributed by atoms with van der Waals surface area (Å²) in [4.78, 5) is 35.2. The van der Waals surface area contributed by atoms with E-state index < -0.39 is 0 Å². The van der Waals surface area contributed by atoms with Crippen LogP contribution < -0.4 is 20.4 Å². The number of carbonyl (C=O) groups is 1. The number of rotatable bonds is 7. The molecular formula is C22H31Cl2N9O. The number of nitrogens with zero attached hydrogens (tertiary/aromatic N) is 7. The van der Waals surface area contributed by atoms with E-state index in [1.807, 2.05) is 13.1 Å². The molecule has 2 aromatic rings. The van der Waals surface area contributed by atoms with Gasteiger partial charge in [0.15, 0.2) is 0 Å². The maximum absolute atomic E-state index is 12.5. The Morgan fingerprint density at radius 1 is 0.941 bits per heavy atom. The lowest BCUT2D eigenvalue weighted by molar-refractivity contribution is -0.122. The van der Waals surface area contributed by atoms with E-state index in [0.717, 1.165) is 57.9 Å². The lowest BCUT2D eigenvalue weighted by Crippen LogP contribution is -2.50. The molecule has 1 aromatic heterocycles. The highest BCUT2D eigenvalue weighted by Gasteiger charge is 2.24. The molecule has 34 heavy (non-hydrogen) atoms. The van der Waals surface area contributed by atoms with Crippen molar-refractivity contribution in [1.29, 1.82) is 0 Å². The van der Waals surface area contributed by atoms with Crippen LogP contribution in [0.5, 0.6) is 0 Å². The second kappa shape index (κ2) is 11.4.